The molecule has 3 rings (SSSR count). The number of benzene rings is 3. The van der Waals surface area contributed by atoms with Gasteiger partial charge in [-0.25, -0.2) is 0 Å². The Hall–Kier alpha value is -3.80. The molecular weight excluding hydrogens is 416 g/mol. The first-order chi connectivity index (χ1) is 16.1. The zero-order valence-corrected chi connectivity index (χ0v) is 19.3. The van der Waals surface area contributed by atoms with Crippen LogP contribution in [0.2, 0.25) is 0 Å². The molecule has 1 atom stereocenters. The van der Waals surface area contributed by atoms with Gasteiger partial charge in [0.15, 0.2) is 0 Å². The molecule has 1 unspecified atom stereocenters. The summed E-state index contributed by atoms with van der Waals surface area (Å²) >= 11 is 0. The minimum absolute atomic E-state index is 0.105. The molecule has 1 N–H and O–H groups in total. The predicted octanol–water partition coefficient (Wildman–Crippen LogP) is 4.50. The lowest BCUT2D eigenvalue weighted by Gasteiger charge is -2.31. The van der Waals surface area contributed by atoms with E-state index in [1.54, 1.807) is 26.0 Å². The van der Waals surface area contributed by atoms with Crippen LogP contribution in [-0.4, -0.2) is 30.9 Å². The minimum atomic E-state index is -0.768. The molecule has 3 aromatic carbocycles. The summed E-state index contributed by atoms with van der Waals surface area (Å²) in [5, 5.41) is 3.00. The highest BCUT2D eigenvalue weighted by molar-refractivity contribution is 5.88. The van der Waals surface area contributed by atoms with Crippen molar-refractivity contribution in [2.75, 3.05) is 14.2 Å². The van der Waals surface area contributed by atoms with Gasteiger partial charge in [-0.15, -0.1) is 0 Å². The van der Waals surface area contributed by atoms with Crippen molar-refractivity contribution in [3.8, 4) is 11.5 Å². The number of nitrogens with zero attached hydrogens (tertiary/aromatic N) is 1. The molecule has 0 heterocycles. The monoisotopic (exact) mass is 446 g/mol. The Bertz CT molecular complexity index is 1050. The van der Waals surface area contributed by atoms with Crippen molar-refractivity contribution in [2.45, 2.75) is 32.5 Å². The SMILES string of the molecule is CCC(=O)N(Cc1ccc(OC)cc1)C(C(=O)NCc1ccccc1OC)c1ccccc1. The second-order valence-corrected chi connectivity index (χ2v) is 7.57. The maximum absolute atomic E-state index is 13.5. The Balaban J connectivity index is 1.90. The lowest BCUT2D eigenvalue weighted by molar-refractivity contribution is -0.141. The van der Waals surface area contributed by atoms with E-state index in [0.717, 1.165) is 22.4 Å². The Morgan fingerprint density at radius 3 is 2.18 bits per heavy atom. The van der Waals surface area contributed by atoms with E-state index < -0.39 is 6.04 Å². The third-order valence-corrected chi connectivity index (χ3v) is 5.46. The summed E-state index contributed by atoms with van der Waals surface area (Å²) < 4.78 is 10.6. The Kier molecular flexibility index (Phi) is 8.47. The molecule has 0 aliphatic heterocycles. The molecular formula is C27H30N2O4. The number of carbonyl (C=O) groups is 2. The van der Waals surface area contributed by atoms with Gasteiger partial charge in [-0.1, -0.05) is 67.6 Å². The van der Waals surface area contributed by atoms with Gasteiger partial charge in [0.25, 0.3) is 0 Å². The molecule has 0 aliphatic rings. The number of rotatable bonds is 10. The van der Waals surface area contributed by atoms with E-state index in [-0.39, 0.29) is 11.8 Å². The number of para-hydroxylation sites is 1. The van der Waals surface area contributed by atoms with Crippen molar-refractivity contribution in [1.29, 1.82) is 0 Å². The van der Waals surface area contributed by atoms with Crippen molar-refractivity contribution in [1.82, 2.24) is 10.2 Å². The molecule has 0 aliphatic carbocycles. The van der Waals surface area contributed by atoms with Gasteiger partial charge in [0.1, 0.15) is 17.5 Å². The van der Waals surface area contributed by atoms with Gasteiger partial charge in [-0.05, 0) is 29.3 Å². The Morgan fingerprint density at radius 2 is 1.55 bits per heavy atom. The molecule has 172 valence electrons. The Morgan fingerprint density at radius 1 is 0.879 bits per heavy atom. The number of ether oxygens (including phenoxy) is 2. The zero-order chi connectivity index (χ0) is 23.6. The topological polar surface area (TPSA) is 67.9 Å². The van der Waals surface area contributed by atoms with Crippen molar-refractivity contribution >= 4 is 11.8 Å². The fraction of sp³-hybridized carbons (Fsp3) is 0.259. The molecule has 33 heavy (non-hydrogen) atoms. The predicted molar refractivity (Wildman–Crippen MR) is 128 cm³/mol. The van der Waals surface area contributed by atoms with Gasteiger partial charge in [0, 0.05) is 25.1 Å². The normalized spacial score (nSPS) is 11.4. The van der Waals surface area contributed by atoms with Gasteiger partial charge in [0.05, 0.1) is 14.2 Å². The van der Waals surface area contributed by atoms with Crippen LogP contribution < -0.4 is 14.8 Å². The number of carbonyl (C=O) groups excluding carboxylic acids is 2. The highest BCUT2D eigenvalue weighted by Crippen LogP contribution is 2.26. The average Bonchev–Trinajstić information content (AvgIpc) is 2.87. The molecule has 0 aromatic heterocycles. The van der Waals surface area contributed by atoms with E-state index in [9.17, 15) is 9.59 Å². The molecule has 0 saturated heterocycles. The first-order valence-electron chi connectivity index (χ1n) is 10.9. The van der Waals surface area contributed by atoms with Crippen LogP contribution >= 0.6 is 0 Å². The van der Waals surface area contributed by atoms with Crippen molar-refractivity contribution < 1.29 is 19.1 Å². The van der Waals surface area contributed by atoms with Crippen molar-refractivity contribution in [3.05, 3.63) is 95.6 Å². The highest BCUT2D eigenvalue weighted by atomic mass is 16.5. The first kappa shape index (κ1) is 23.9. The molecule has 0 fully saturated rings. The van der Waals surface area contributed by atoms with Crippen molar-refractivity contribution in [2.24, 2.45) is 0 Å². The highest BCUT2D eigenvalue weighted by Gasteiger charge is 2.30. The van der Waals surface area contributed by atoms with E-state index in [0.29, 0.717) is 25.3 Å². The molecule has 0 bridgehead atoms. The van der Waals surface area contributed by atoms with Gasteiger partial charge in [-0.3, -0.25) is 9.59 Å². The van der Waals surface area contributed by atoms with Gasteiger partial charge >= 0.3 is 0 Å². The molecule has 0 saturated carbocycles. The van der Waals surface area contributed by atoms with E-state index in [2.05, 4.69) is 5.32 Å². The third-order valence-electron chi connectivity index (χ3n) is 5.46. The summed E-state index contributed by atoms with van der Waals surface area (Å²) in [6.07, 6.45) is 0.291. The maximum Gasteiger partial charge on any atom is 0.247 e. The van der Waals surface area contributed by atoms with Gasteiger partial charge in [0.2, 0.25) is 11.8 Å². The molecule has 2 amide bonds. The van der Waals surface area contributed by atoms with E-state index in [1.165, 1.54) is 0 Å². The van der Waals surface area contributed by atoms with Crippen LogP contribution in [0.3, 0.4) is 0 Å². The number of amides is 2. The maximum atomic E-state index is 13.5. The lowest BCUT2D eigenvalue weighted by atomic mass is 10.0. The first-order valence-corrected chi connectivity index (χ1v) is 10.9. The summed E-state index contributed by atoms with van der Waals surface area (Å²) in [5.41, 5.74) is 2.53. The number of methoxy groups -OCH3 is 2. The quantitative estimate of drug-likeness (QED) is 0.498. The second-order valence-electron chi connectivity index (χ2n) is 7.57. The molecule has 6 heteroatoms. The number of hydrogen-bond acceptors (Lipinski definition) is 4. The molecule has 0 radical (unpaired) electrons. The molecule has 6 nitrogen and oxygen atoms in total. The van der Waals surface area contributed by atoms with Crippen LogP contribution in [0.25, 0.3) is 0 Å². The summed E-state index contributed by atoms with van der Waals surface area (Å²) in [5.74, 6) is 1.09. The standard InChI is InChI=1S/C27H30N2O4/c1-4-25(30)29(19-20-14-16-23(32-2)17-15-20)26(21-10-6-5-7-11-21)27(31)28-18-22-12-8-9-13-24(22)33-3/h5-17,26H,4,18-19H2,1-3H3,(H,28,31). The fourth-order valence-electron chi connectivity index (χ4n) is 3.69. The zero-order valence-electron chi connectivity index (χ0n) is 19.3. The lowest BCUT2D eigenvalue weighted by Crippen LogP contribution is -2.43. The second kappa shape index (κ2) is 11.7. The van der Waals surface area contributed by atoms with Crippen LogP contribution in [0.4, 0.5) is 0 Å². The van der Waals surface area contributed by atoms with Crippen LogP contribution in [-0.2, 0) is 22.7 Å². The van der Waals surface area contributed by atoms with Crippen LogP contribution in [0.5, 0.6) is 11.5 Å². The Labute approximate surface area is 195 Å². The summed E-state index contributed by atoms with van der Waals surface area (Å²) in [7, 11) is 3.21. The van der Waals surface area contributed by atoms with Crippen LogP contribution in [0.15, 0.2) is 78.9 Å². The van der Waals surface area contributed by atoms with Gasteiger partial charge in [-0.2, -0.15) is 0 Å². The summed E-state index contributed by atoms with van der Waals surface area (Å²) in [6.45, 7) is 2.40. The average molecular weight is 447 g/mol. The van der Waals surface area contributed by atoms with Crippen molar-refractivity contribution in [3.63, 3.8) is 0 Å². The number of nitrogens with one attached hydrogen (secondary N) is 1. The molecule has 3 aromatic rings. The van der Waals surface area contributed by atoms with Crippen LogP contribution in [0, 0.1) is 0 Å². The molecule has 0 spiro atoms. The number of hydrogen-bond donors (Lipinski definition) is 1. The van der Waals surface area contributed by atoms with E-state index in [1.807, 2.05) is 78.9 Å². The fourth-order valence-corrected chi connectivity index (χ4v) is 3.69. The minimum Gasteiger partial charge on any atom is -0.497 e. The largest absolute Gasteiger partial charge is 0.497 e. The van der Waals surface area contributed by atoms with E-state index >= 15 is 0 Å². The van der Waals surface area contributed by atoms with E-state index in [4.69, 9.17) is 9.47 Å². The third kappa shape index (κ3) is 6.13. The summed E-state index contributed by atoms with van der Waals surface area (Å²) in [4.78, 5) is 28.2. The smallest absolute Gasteiger partial charge is 0.247 e. The summed E-state index contributed by atoms with van der Waals surface area (Å²) in [6, 6.07) is 23.7. The van der Waals surface area contributed by atoms with Gasteiger partial charge < -0.3 is 19.7 Å². The van der Waals surface area contributed by atoms with Crippen LogP contribution in [0.1, 0.15) is 36.1 Å².